The Morgan fingerprint density at radius 3 is 2.53 bits per heavy atom. The SMILES string of the molecule is CC(O)Oc1cccc(OCC(=O)OC(C)(C)C)c1. The first-order chi connectivity index (χ1) is 8.76. The third-order valence-corrected chi connectivity index (χ3v) is 1.89. The molecule has 19 heavy (non-hydrogen) atoms. The second kappa shape index (κ2) is 6.43. The Balaban J connectivity index is 2.51. The summed E-state index contributed by atoms with van der Waals surface area (Å²) in [7, 11) is 0. The number of ether oxygens (including phenoxy) is 3. The van der Waals surface area contributed by atoms with E-state index in [1.54, 1.807) is 45.0 Å². The lowest BCUT2D eigenvalue weighted by Crippen LogP contribution is -2.27. The number of rotatable bonds is 5. The summed E-state index contributed by atoms with van der Waals surface area (Å²) in [6, 6.07) is 6.69. The number of carbonyl (C=O) groups is 1. The van der Waals surface area contributed by atoms with Gasteiger partial charge in [0.25, 0.3) is 0 Å². The highest BCUT2D eigenvalue weighted by atomic mass is 16.6. The van der Waals surface area contributed by atoms with Gasteiger partial charge in [0, 0.05) is 6.07 Å². The van der Waals surface area contributed by atoms with Crippen molar-refractivity contribution in [2.24, 2.45) is 0 Å². The van der Waals surface area contributed by atoms with Crippen LogP contribution in [0.3, 0.4) is 0 Å². The maximum absolute atomic E-state index is 11.5. The van der Waals surface area contributed by atoms with Gasteiger partial charge in [0.1, 0.15) is 17.1 Å². The van der Waals surface area contributed by atoms with E-state index in [9.17, 15) is 4.79 Å². The minimum absolute atomic E-state index is 0.171. The van der Waals surface area contributed by atoms with E-state index in [4.69, 9.17) is 19.3 Å². The van der Waals surface area contributed by atoms with E-state index in [2.05, 4.69) is 0 Å². The maximum Gasteiger partial charge on any atom is 0.344 e. The molecule has 0 aliphatic carbocycles. The predicted octanol–water partition coefficient (Wildman–Crippen LogP) is 2.12. The van der Waals surface area contributed by atoms with Crippen molar-refractivity contribution in [3.8, 4) is 11.5 Å². The smallest absolute Gasteiger partial charge is 0.344 e. The normalized spacial score (nSPS) is 12.7. The number of esters is 1. The number of aliphatic hydroxyl groups excluding tert-OH is 1. The van der Waals surface area contributed by atoms with Crippen LogP contribution in [-0.4, -0.2) is 29.6 Å². The Morgan fingerprint density at radius 2 is 1.95 bits per heavy atom. The summed E-state index contributed by atoms with van der Waals surface area (Å²) in [5.41, 5.74) is -0.530. The second-order valence-corrected chi connectivity index (χ2v) is 5.07. The lowest BCUT2D eigenvalue weighted by Gasteiger charge is -2.19. The summed E-state index contributed by atoms with van der Waals surface area (Å²) in [5.74, 6) is 0.509. The van der Waals surface area contributed by atoms with Crippen molar-refractivity contribution < 1.29 is 24.1 Å². The molecule has 1 N–H and O–H groups in total. The van der Waals surface area contributed by atoms with Gasteiger partial charge in [-0.2, -0.15) is 0 Å². The van der Waals surface area contributed by atoms with Crippen molar-refractivity contribution >= 4 is 5.97 Å². The fourth-order valence-corrected chi connectivity index (χ4v) is 1.35. The van der Waals surface area contributed by atoms with Gasteiger partial charge in [-0.1, -0.05) is 6.07 Å². The van der Waals surface area contributed by atoms with E-state index in [0.717, 1.165) is 0 Å². The number of benzene rings is 1. The molecule has 1 aromatic carbocycles. The van der Waals surface area contributed by atoms with E-state index in [0.29, 0.717) is 11.5 Å². The van der Waals surface area contributed by atoms with Crippen molar-refractivity contribution in [2.45, 2.75) is 39.6 Å². The summed E-state index contributed by atoms with van der Waals surface area (Å²) < 4.78 is 15.5. The Bertz CT molecular complexity index is 420. The molecule has 0 saturated carbocycles. The van der Waals surface area contributed by atoms with Crippen LogP contribution in [0.5, 0.6) is 11.5 Å². The third-order valence-electron chi connectivity index (χ3n) is 1.89. The zero-order valence-corrected chi connectivity index (χ0v) is 11.7. The second-order valence-electron chi connectivity index (χ2n) is 5.07. The first-order valence-electron chi connectivity index (χ1n) is 6.06. The van der Waals surface area contributed by atoms with E-state index in [1.165, 1.54) is 6.92 Å². The van der Waals surface area contributed by atoms with Crippen LogP contribution in [0.1, 0.15) is 27.7 Å². The predicted molar refractivity (Wildman–Crippen MR) is 70.1 cm³/mol. The summed E-state index contributed by atoms with van der Waals surface area (Å²) >= 11 is 0. The van der Waals surface area contributed by atoms with Crippen LogP contribution in [0.4, 0.5) is 0 Å². The summed E-state index contributed by atoms with van der Waals surface area (Å²) in [6.45, 7) is 6.72. The van der Waals surface area contributed by atoms with Crippen LogP contribution in [0.2, 0.25) is 0 Å². The van der Waals surface area contributed by atoms with Crippen molar-refractivity contribution in [2.75, 3.05) is 6.61 Å². The Morgan fingerprint density at radius 1 is 1.32 bits per heavy atom. The molecule has 0 fully saturated rings. The van der Waals surface area contributed by atoms with Gasteiger partial charge in [0.05, 0.1) is 0 Å². The quantitative estimate of drug-likeness (QED) is 0.654. The summed E-state index contributed by atoms with van der Waals surface area (Å²) in [5, 5.41) is 9.11. The topological polar surface area (TPSA) is 65.0 Å². The van der Waals surface area contributed by atoms with Crippen LogP contribution >= 0.6 is 0 Å². The highest BCUT2D eigenvalue weighted by Crippen LogP contribution is 2.20. The molecule has 0 aliphatic rings. The highest BCUT2D eigenvalue weighted by molar-refractivity contribution is 5.71. The van der Waals surface area contributed by atoms with Gasteiger partial charge in [0.2, 0.25) is 0 Å². The first kappa shape index (κ1) is 15.3. The average molecular weight is 268 g/mol. The molecule has 5 heteroatoms. The molecule has 1 aromatic rings. The number of hydrogen-bond acceptors (Lipinski definition) is 5. The molecular weight excluding hydrogens is 248 g/mol. The summed E-state index contributed by atoms with van der Waals surface area (Å²) in [6.07, 6.45) is -0.902. The zero-order chi connectivity index (χ0) is 14.5. The van der Waals surface area contributed by atoms with Gasteiger partial charge < -0.3 is 19.3 Å². The van der Waals surface area contributed by atoms with E-state index in [-0.39, 0.29) is 6.61 Å². The van der Waals surface area contributed by atoms with Crippen LogP contribution in [0.15, 0.2) is 24.3 Å². The fourth-order valence-electron chi connectivity index (χ4n) is 1.35. The maximum atomic E-state index is 11.5. The molecule has 1 atom stereocenters. The zero-order valence-electron chi connectivity index (χ0n) is 11.7. The van der Waals surface area contributed by atoms with E-state index >= 15 is 0 Å². The van der Waals surface area contributed by atoms with Crippen LogP contribution in [0.25, 0.3) is 0 Å². The number of aliphatic hydroxyl groups is 1. The summed E-state index contributed by atoms with van der Waals surface area (Å²) in [4.78, 5) is 11.5. The van der Waals surface area contributed by atoms with Gasteiger partial charge in [-0.05, 0) is 39.8 Å². The Labute approximate surface area is 113 Å². The monoisotopic (exact) mass is 268 g/mol. The van der Waals surface area contributed by atoms with Gasteiger partial charge >= 0.3 is 5.97 Å². The Kier molecular flexibility index (Phi) is 5.18. The van der Waals surface area contributed by atoms with Crippen LogP contribution in [-0.2, 0) is 9.53 Å². The van der Waals surface area contributed by atoms with Crippen molar-refractivity contribution in [1.29, 1.82) is 0 Å². The molecule has 0 bridgehead atoms. The lowest BCUT2D eigenvalue weighted by atomic mass is 10.2. The Hall–Kier alpha value is -1.75. The molecule has 0 aliphatic heterocycles. The first-order valence-corrected chi connectivity index (χ1v) is 6.06. The van der Waals surface area contributed by atoms with Crippen LogP contribution in [0, 0.1) is 0 Å². The van der Waals surface area contributed by atoms with Gasteiger partial charge in [-0.3, -0.25) is 0 Å². The molecule has 0 aromatic heterocycles. The largest absolute Gasteiger partial charge is 0.482 e. The molecular formula is C14H20O5. The molecule has 1 unspecified atom stereocenters. The molecule has 1 rings (SSSR count). The van der Waals surface area contributed by atoms with Crippen LogP contribution < -0.4 is 9.47 Å². The minimum Gasteiger partial charge on any atom is -0.482 e. The molecule has 0 saturated heterocycles. The van der Waals surface area contributed by atoms with Crippen molar-refractivity contribution in [1.82, 2.24) is 0 Å². The standard InChI is InChI=1S/C14H20O5/c1-10(15)18-12-7-5-6-11(8-12)17-9-13(16)19-14(2,3)4/h5-8,10,15H,9H2,1-4H3. The molecule has 0 amide bonds. The van der Waals surface area contributed by atoms with E-state index in [1.807, 2.05) is 0 Å². The third kappa shape index (κ3) is 6.67. The lowest BCUT2D eigenvalue weighted by molar-refractivity contribution is -0.157. The molecule has 0 heterocycles. The van der Waals surface area contributed by atoms with Crippen molar-refractivity contribution in [3.05, 3.63) is 24.3 Å². The number of carbonyl (C=O) groups excluding carboxylic acids is 1. The molecule has 106 valence electrons. The van der Waals surface area contributed by atoms with Gasteiger partial charge in [-0.15, -0.1) is 0 Å². The number of hydrogen-bond donors (Lipinski definition) is 1. The van der Waals surface area contributed by atoms with Gasteiger partial charge in [0.15, 0.2) is 12.9 Å². The molecule has 0 spiro atoms. The molecule has 5 nitrogen and oxygen atoms in total. The molecule has 0 radical (unpaired) electrons. The highest BCUT2D eigenvalue weighted by Gasteiger charge is 2.16. The minimum atomic E-state index is -0.902. The van der Waals surface area contributed by atoms with E-state index < -0.39 is 17.9 Å². The van der Waals surface area contributed by atoms with Gasteiger partial charge in [-0.25, -0.2) is 4.79 Å². The van der Waals surface area contributed by atoms with Crippen molar-refractivity contribution in [3.63, 3.8) is 0 Å². The average Bonchev–Trinajstić information content (AvgIpc) is 2.23. The fraction of sp³-hybridized carbons (Fsp3) is 0.500.